The SMILES string of the molecule is N#CN=Nc1ccc(C(=O)Nc2ccccc2)cc1. The van der Waals surface area contributed by atoms with Crippen molar-refractivity contribution < 1.29 is 4.79 Å². The van der Waals surface area contributed by atoms with E-state index in [4.69, 9.17) is 5.26 Å². The molecule has 0 aliphatic carbocycles. The molecule has 2 aromatic carbocycles. The monoisotopic (exact) mass is 250 g/mol. The second-order valence-electron chi connectivity index (χ2n) is 3.67. The number of nitrogens with one attached hydrogen (secondary N) is 1. The Morgan fingerprint density at radius 3 is 2.37 bits per heavy atom. The maximum Gasteiger partial charge on any atom is 0.255 e. The van der Waals surface area contributed by atoms with Gasteiger partial charge in [-0.3, -0.25) is 4.79 Å². The summed E-state index contributed by atoms with van der Waals surface area (Å²) in [5.74, 6) is -0.199. The predicted octanol–water partition coefficient (Wildman–Crippen LogP) is 3.50. The van der Waals surface area contributed by atoms with Gasteiger partial charge in [-0.2, -0.15) is 5.26 Å². The quantitative estimate of drug-likeness (QED) is 0.668. The first kappa shape index (κ1) is 12.5. The van der Waals surface area contributed by atoms with Gasteiger partial charge in [-0.25, -0.2) is 0 Å². The summed E-state index contributed by atoms with van der Waals surface area (Å²) in [6.07, 6.45) is 1.57. The molecule has 0 radical (unpaired) electrons. The summed E-state index contributed by atoms with van der Waals surface area (Å²) in [6.45, 7) is 0. The largest absolute Gasteiger partial charge is 0.322 e. The molecule has 19 heavy (non-hydrogen) atoms. The second-order valence-corrected chi connectivity index (χ2v) is 3.67. The average Bonchev–Trinajstić information content (AvgIpc) is 2.46. The molecule has 5 nitrogen and oxygen atoms in total. The summed E-state index contributed by atoms with van der Waals surface area (Å²) in [4.78, 5) is 11.9. The van der Waals surface area contributed by atoms with Gasteiger partial charge in [0, 0.05) is 11.3 Å². The normalized spacial score (nSPS) is 10.1. The van der Waals surface area contributed by atoms with Crippen molar-refractivity contribution in [1.29, 1.82) is 5.26 Å². The lowest BCUT2D eigenvalue weighted by molar-refractivity contribution is 0.102. The lowest BCUT2D eigenvalue weighted by Crippen LogP contribution is -2.11. The topological polar surface area (TPSA) is 77.6 Å². The number of hydrogen-bond acceptors (Lipinski definition) is 4. The molecular formula is C14H10N4O. The van der Waals surface area contributed by atoms with Crippen LogP contribution in [0.2, 0.25) is 0 Å². The van der Waals surface area contributed by atoms with E-state index in [1.54, 1.807) is 30.5 Å². The molecule has 0 atom stereocenters. The van der Waals surface area contributed by atoms with Crippen LogP contribution in [-0.4, -0.2) is 5.91 Å². The van der Waals surface area contributed by atoms with Crippen LogP contribution in [0.25, 0.3) is 0 Å². The maximum absolute atomic E-state index is 11.9. The van der Waals surface area contributed by atoms with Crippen LogP contribution in [0.15, 0.2) is 64.8 Å². The number of para-hydroxylation sites is 1. The van der Waals surface area contributed by atoms with Crippen LogP contribution in [-0.2, 0) is 0 Å². The molecule has 0 spiro atoms. The summed E-state index contributed by atoms with van der Waals surface area (Å²) >= 11 is 0. The van der Waals surface area contributed by atoms with E-state index in [1.165, 1.54) is 0 Å². The average molecular weight is 250 g/mol. The highest BCUT2D eigenvalue weighted by Crippen LogP contribution is 2.15. The Bertz CT molecular complexity index is 627. The first-order valence-corrected chi connectivity index (χ1v) is 5.56. The fraction of sp³-hybridized carbons (Fsp3) is 0. The fourth-order valence-corrected chi connectivity index (χ4v) is 1.48. The second kappa shape index (κ2) is 6.07. The number of amides is 1. The van der Waals surface area contributed by atoms with E-state index in [0.717, 1.165) is 5.69 Å². The van der Waals surface area contributed by atoms with Gasteiger partial charge in [0.05, 0.1) is 5.69 Å². The molecule has 0 bridgehead atoms. The van der Waals surface area contributed by atoms with Crippen molar-refractivity contribution in [3.05, 3.63) is 60.2 Å². The molecule has 0 unspecified atom stereocenters. The summed E-state index contributed by atoms with van der Waals surface area (Å²) in [5, 5.41) is 17.9. The highest BCUT2D eigenvalue weighted by molar-refractivity contribution is 6.04. The molecule has 1 amide bonds. The zero-order valence-electron chi connectivity index (χ0n) is 9.95. The summed E-state index contributed by atoms with van der Waals surface area (Å²) in [7, 11) is 0. The summed E-state index contributed by atoms with van der Waals surface area (Å²) in [6, 6.07) is 15.7. The fourth-order valence-electron chi connectivity index (χ4n) is 1.48. The van der Waals surface area contributed by atoms with Crippen molar-refractivity contribution in [2.45, 2.75) is 0 Å². The molecule has 1 N–H and O–H groups in total. The number of azo groups is 1. The molecule has 0 saturated carbocycles. The number of nitrogens with zero attached hydrogens (tertiary/aromatic N) is 3. The van der Waals surface area contributed by atoms with Crippen molar-refractivity contribution >= 4 is 17.3 Å². The van der Waals surface area contributed by atoms with Crippen LogP contribution in [0.4, 0.5) is 11.4 Å². The molecule has 0 aliphatic heterocycles. The van der Waals surface area contributed by atoms with Gasteiger partial charge in [0.1, 0.15) is 0 Å². The molecule has 0 saturated heterocycles. The van der Waals surface area contributed by atoms with Gasteiger partial charge in [0.15, 0.2) is 0 Å². The van der Waals surface area contributed by atoms with E-state index in [0.29, 0.717) is 11.3 Å². The zero-order chi connectivity index (χ0) is 13.5. The van der Waals surface area contributed by atoms with E-state index < -0.39 is 0 Å². The highest BCUT2D eigenvalue weighted by atomic mass is 16.1. The number of carbonyl (C=O) groups is 1. The third-order valence-electron chi connectivity index (χ3n) is 2.37. The number of rotatable bonds is 3. The van der Waals surface area contributed by atoms with Crippen molar-refractivity contribution in [2.75, 3.05) is 5.32 Å². The maximum atomic E-state index is 11.9. The molecular weight excluding hydrogens is 240 g/mol. The lowest BCUT2D eigenvalue weighted by Gasteiger charge is -2.04. The van der Waals surface area contributed by atoms with Crippen molar-refractivity contribution in [2.24, 2.45) is 10.2 Å². The summed E-state index contributed by atoms with van der Waals surface area (Å²) < 4.78 is 0. The Labute approximate surface area is 110 Å². The lowest BCUT2D eigenvalue weighted by atomic mass is 10.2. The molecule has 0 heterocycles. The molecule has 92 valence electrons. The summed E-state index contributed by atoms with van der Waals surface area (Å²) in [5.41, 5.74) is 1.78. The Kier molecular flexibility index (Phi) is 3.98. The number of benzene rings is 2. The van der Waals surface area contributed by atoms with E-state index in [-0.39, 0.29) is 5.91 Å². The van der Waals surface area contributed by atoms with Crippen LogP contribution in [0.1, 0.15) is 10.4 Å². The third kappa shape index (κ3) is 3.48. The van der Waals surface area contributed by atoms with Gasteiger partial charge in [-0.05, 0) is 36.4 Å². The van der Waals surface area contributed by atoms with Crippen LogP contribution < -0.4 is 5.32 Å². The highest BCUT2D eigenvalue weighted by Gasteiger charge is 2.05. The zero-order valence-corrected chi connectivity index (χ0v) is 9.95. The molecule has 0 aromatic heterocycles. The van der Waals surface area contributed by atoms with Gasteiger partial charge >= 0.3 is 0 Å². The van der Waals surface area contributed by atoms with Gasteiger partial charge in [0.2, 0.25) is 6.19 Å². The number of nitriles is 1. The Balaban J connectivity index is 2.08. The van der Waals surface area contributed by atoms with Crippen LogP contribution in [0, 0.1) is 11.5 Å². The third-order valence-corrected chi connectivity index (χ3v) is 2.37. The van der Waals surface area contributed by atoms with Crippen molar-refractivity contribution in [3.8, 4) is 6.19 Å². The van der Waals surface area contributed by atoms with E-state index in [9.17, 15) is 4.79 Å². The number of anilines is 1. The Morgan fingerprint density at radius 1 is 1.05 bits per heavy atom. The minimum absolute atomic E-state index is 0.199. The van der Waals surface area contributed by atoms with Gasteiger partial charge in [-0.15, -0.1) is 5.11 Å². The Hall–Kier alpha value is -3.00. The molecule has 0 fully saturated rings. The van der Waals surface area contributed by atoms with Crippen molar-refractivity contribution in [3.63, 3.8) is 0 Å². The molecule has 0 aliphatic rings. The number of carbonyl (C=O) groups excluding carboxylic acids is 1. The predicted molar refractivity (Wildman–Crippen MR) is 71.0 cm³/mol. The first-order valence-electron chi connectivity index (χ1n) is 5.56. The first-order chi connectivity index (χ1) is 9.29. The minimum atomic E-state index is -0.199. The van der Waals surface area contributed by atoms with Crippen LogP contribution in [0.3, 0.4) is 0 Å². The van der Waals surface area contributed by atoms with Crippen LogP contribution in [0.5, 0.6) is 0 Å². The minimum Gasteiger partial charge on any atom is -0.322 e. The number of hydrogen-bond donors (Lipinski definition) is 1. The van der Waals surface area contributed by atoms with Gasteiger partial charge in [0.25, 0.3) is 5.91 Å². The van der Waals surface area contributed by atoms with Crippen molar-refractivity contribution in [1.82, 2.24) is 0 Å². The smallest absolute Gasteiger partial charge is 0.255 e. The van der Waals surface area contributed by atoms with E-state index in [2.05, 4.69) is 15.5 Å². The van der Waals surface area contributed by atoms with Gasteiger partial charge in [-0.1, -0.05) is 23.3 Å². The standard InChI is InChI=1S/C14H10N4O/c15-10-16-18-13-8-6-11(7-9-13)14(19)17-12-4-2-1-3-5-12/h1-9H,(H,17,19). The Morgan fingerprint density at radius 2 is 1.74 bits per heavy atom. The molecule has 2 aromatic rings. The van der Waals surface area contributed by atoms with E-state index >= 15 is 0 Å². The molecule has 5 heteroatoms. The van der Waals surface area contributed by atoms with E-state index in [1.807, 2.05) is 30.3 Å². The van der Waals surface area contributed by atoms with Crippen LogP contribution >= 0.6 is 0 Å². The van der Waals surface area contributed by atoms with Gasteiger partial charge < -0.3 is 5.32 Å². The molecule has 2 rings (SSSR count).